The number of nitrogens with zero attached hydrogens (tertiary/aromatic N) is 1. The zero-order valence-corrected chi connectivity index (χ0v) is 6.70. The molecule has 11 heavy (non-hydrogen) atoms. The minimum Gasteiger partial charge on any atom is -0.265 e. The van der Waals surface area contributed by atoms with Gasteiger partial charge in [-0.3, -0.25) is 4.90 Å². The quantitative estimate of drug-likeness (QED) is 0.419. The molecule has 0 saturated carbocycles. The first-order valence-electron chi connectivity index (χ1n) is 3.50. The molecule has 0 heterocycles. The van der Waals surface area contributed by atoms with Gasteiger partial charge in [0, 0.05) is 13.1 Å². The van der Waals surface area contributed by atoms with E-state index >= 15 is 0 Å². The third-order valence-electron chi connectivity index (χ3n) is 1.29. The van der Waals surface area contributed by atoms with Gasteiger partial charge in [-0.25, -0.2) is 5.11 Å². The van der Waals surface area contributed by atoms with Crippen LogP contribution in [0, 0.1) is 0 Å². The van der Waals surface area contributed by atoms with Gasteiger partial charge in [0.05, 0.1) is 0 Å². The highest BCUT2D eigenvalue weighted by molar-refractivity contribution is 4.86. The van der Waals surface area contributed by atoms with Crippen LogP contribution in [0.15, 0.2) is 38.0 Å². The lowest BCUT2D eigenvalue weighted by molar-refractivity contribution is 0.00126. The van der Waals surface area contributed by atoms with Crippen LogP contribution in [0.25, 0.3) is 0 Å². The second-order valence-corrected chi connectivity index (χ2v) is 2.16. The lowest BCUT2D eigenvalue weighted by Crippen LogP contribution is -2.32. The molecule has 61 valence electrons. The maximum absolute atomic E-state index is 11.1. The number of hydrogen-bond donors (Lipinski definition) is 0. The first kappa shape index (κ1) is 10.1. The fourth-order valence-corrected chi connectivity index (χ4v) is 0.763. The molecule has 1 atom stereocenters. The summed E-state index contributed by atoms with van der Waals surface area (Å²) in [6.45, 7) is 11.7. The Morgan fingerprint density at radius 2 is 1.64 bits per heavy atom. The molecule has 0 aliphatic rings. The minimum absolute atomic E-state index is 0.576. The van der Waals surface area contributed by atoms with Gasteiger partial charge in [0.25, 0.3) is 0 Å². The Hall–Kier alpha value is -0.860. The zero-order chi connectivity index (χ0) is 8.69. The lowest BCUT2D eigenvalue weighted by Gasteiger charge is -2.20. The molecule has 0 aromatic rings. The Morgan fingerprint density at radius 3 is 1.91 bits per heavy atom. The highest BCUT2D eigenvalue weighted by Crippen LogP contribution is 1.97. The molecule has 0 fully saturated rings. The highest BCUT2D eigenvalue weighted by Gasteiger charge is 2.09. The van der Waals surface area contributed by atoms with Crippen LogP contribution >= 0.6 is 0 Å². The van der Waals surface area contributed by atoms with E-state index in [1.807, 2.05) is 0 Å². The van der Waals surface area contributed by atoms with Crippen LogP contribution in [0.1, 0.15) is 0 Å². The van der Waals surface area contributed by atoms with Gasteiger partial charge in [0.1, 0.15) is 0 Å². The summed E-state index contributed by atoms with van der Waals surface area (Å²) >= 11 is 0. The van der Waals surface area contributed by atoms with E-state index in [1.165, 1.54) is 6.08 Å². The van der Waals surface area contributed by atoms with Gasteiger partial charge in [-0.1, -0.05) is 18.7 Å². The average Bonchev–Trinajstić information content (AvgIpc) is 2.03. The molecule has 0 rings (SSSR count). The molecule has 0 spiro atoms. The minimum atomic E-state index is -0.856. The summed E-state index contributed by atoms with van der Waals surface area (Å²) < 4.78 is 0. The molecule has 2 nitrogen and oxygen atoms in total. The van der Waals surface area contributed by atoms with Crippen LogP contribution in [0.3, 0.4) is 0 Å². The molecule has 2 heteroatoms. The molecule has 1 unspecified atom stereocenters. The fraction of sp³-hybridized carbons (Fsp3) is 0.333. The smallest absolute Gasteiger partial charge is 0.165 e. The zero-order valence-electron chi connectivity index (χ0n) is 6.70. The largest absolute Gasteiger partial charge is 0.265 e. The van der Waals surface area contributed by atoms with Gasteiger partial charge < -0.3 is 0 Å². The van der Waals surface area contributed by atoms with Gasteiger partial charge in [0.15, 0.2) is 6.23 Å². The Bertz CT molecular complexity index is 132. The molecule has 0 bridgehead atoms. The first-order chi connectivity index (χ1) is 5.26. The van der Waals surface area contributed by atoms with Crippen LogP contribution in [0.2, 0.25) is 0 Å². The normalized spacial score (nSPS) is 12.5. The molecule has 0 saturated heterocycles. The van der Waals surface area contributed by atoms with Gasteiger partial charge in [-0.05, 0) is 6.08 Å². The van der Waals surface area contributed by atoms with Crippen LogP contribution in [-0.2, 0) is 5.11 Å². The summed E-state index contributed by atoms with van der Waals surface area (Å²) in [6.07, 6.45) is 3.90. The molecule has 0 aromatic carbocycles. The second-order valence-electron chi connectivity index (χ2n) is 2.16. The molecule has 0 amide bonds. The van der Waals surface area contributed by atoms with Crippen LogP contribution in [0.4, 0.5) is 0 Å². The Balaban J connectivity index is 3.94. The SMILES string of the molecule is C=CCN(CC=C)C([O])C=C. The third kappa shape index (κ3) is 3.75. The summed E-state index contributed by atoms with van der Waals surface area (Å²) in [5, 5.41) is 11.1. The van der Waals surface area contributed by atoms with E-state index in [-0.39, 0.29) is 0 Å². The lowest BCUT2D eigenvalue weighted by atomic mass is 10.4. The Morgan fingerprint density at radius 1 is 1.18 bits per heavy atom. The van der Waals surface area contributed by atoms with Crippen LogP contribution in [0.5, 0.6) is 0 Å². The van der Waals surface area contributed by atoms with E-state index in [1.54, 1.807) is 17.1 Å². The Kier molecular flexibility index (Phi) is 5.43. The van der Waals surface area contributed by atoms with Crippen molar-refractivity contribution in [2.24, 2.45) is 0 Å². The van der Waals surface area contributed by atoms with E-state index in [9.17, 15) is 5.11 Å². The van der Waals surface area contributed by atoms with E-state index in [2.05, 4.69) is 19.7 Å². The number of hydrogen-bond acceptors (Lipinski definition) is 1. The first-order valence-corrected chi connectivity index (χ1v) is 3.50. The molecule has 1 radical (unpaired) electrons. The standard InChI is InChI=1S/C9H14NO/c1-4-7-10(8-5-2)9(11)6-3/h4-6,9H,1-3,7-8H2. The van der Waals surface area contributed by atoms with Gasteiger partial charge in [-0.2, -0.15) is 0 Å². The summed E-state index contributed by atoms with van der Waals surface area (Å²) in [6, 6.07) is 0. The van der Waals surface area contributed by atoms with Crippen molar-refractivity contribution in [3.63, 3.8) is 0 Å². The summed E-state index contributed by atoms with van der Waals surface area (Å²) in [5.41, 5.74) is 0. The number of rotatable bonds is 6. The van der Waals surface area contributed by atoms with Crippen molar-refractivity contribution in [3.8, 4) is 0 Å². The predicted molar refractivity (Wildman–Crippen MR) is 46.6 cm³/mol. The second kappa shape index (κ2) is 5.89. The monoisotopic (exact) mass is 152 g/mol. The van der Waals surface area contributed by atoms with Crippen molar-refractivity contribution >= 4 is 0 Å². The van der Waals surface area contributed by atoms with Gasteiger partial charge >= 0.3 is 0 Å². The molecule has 0 aliphatic heterocycles. The molecular formula is C9H14NO. The molecular weight excluding hydrogens is 138 g/mol. The third-order valence-corrected chi connectivity index (χ3v) is 1.29. The van der Waals surface area contributed by atoms with E-state index < -0.39 is 6.23 Å². The van der Waals surface area contributed by atoms with Crippen molar-refractivity contribution in [1.29, 1.82) is 0 Å². The van der Waals surface area contributed by atoms with Crippen molar-refractivity contribution in [2.45, 2.75) is 6.23 Å². The molecule has 0 aromatic heterocycles. The van der Waals surface area contributed by atoms with E-state index in [4.69, 9.17) is 0 Å². The maximum Gasteiger partial charge on any atom is 0.165 e. The van der Waals surface area contributed by atoms with Crippen molar-refractivity contribution in [1.82, 2.24) is 4.90 Å². The summed E-state index contributed by atoms with van der Waals surface area (Å²) in [7, 11) is 0. The van der Waals surface area contributed by atoms with E-state index in [0.29, 0.717) is 13.1 Å². The van der Waals surface area contributed by atoms with Gasteiger partial charge in [-0.15, -0.1) is 13.2 Å². The maximum atomic E-state index is 11.1. The van der Waals surface area contributed by atoms with E-state index in [0.717, 1.165) is 0 Å². The van der Waals surface area contributed by atoms with Crippen molar-refractivity contribution < 1.29 is 5.11 Å². The topological polar surface area (TPSA) is 23.1 Å². The fourth-order valence-electron chi connectivity index (χ4n) is 0.763. The molecule has 0 aliphatic carbocycles. The Labute approximate surface area is 68.1 Å². The predicted octanol–water partition coefficient (Wildman–Crippen LogP) is 1.60. The highest BCUT2D eigenvalue weighted by atomic mass is 16.3. The summed E-state index contributed by atoms with van der Waals surface area (Å²) in [5.74, 6) is 0. The van der Waals surface area contributed by atoms with Gasteiger partial charge in [0.2, 0.25) is 0 Å². The average molecular weight is 152 g/mol. The summed E-state index contributed by atoms with van der Waals surface area (Å²) in [4.78, 5) is 1.67. The van der Waals surface area contributed by atoms with Crippen molar-refractivity contribution in [2.75, 3.05) is 13.1 Å². The van der Waals surface area contributed by atoms with Crippen LogP contribution in [-0.4, -0.2) is 24.2 Å². The van der Waals surface area contributed by atoms with Crippen molar-refractivity contribution in [3.05, 3.63) is 38.0 Å². The molecule has 0 N–H and O–H groups in total. The van der Waals surface area contributed by atoms with Crippen LogP contribution < -0.4 is 0 Å².